The molecule has 90 valence electrons. The van der Waals surface area contributed by atoms with Crippen molar-refractivity contribution in [1.29, 1.82) is 5.26 Å². The number of anilines is 1. The van der Waals surface area contributed by atoms with Gasteiger partial charge in [-0.1, -0.05) is 0 Å². The van der Waals surface area contributed by atoms with Gasteiger partial charge in [0.2, 0.25) is 0 Å². The second-order valence-electron chi connectivity index (χ2n) is 4.72. The molecule has 1 aromatic rings. The van der Waals surface area contributed by atoms with Crippen molar-refractivity contribution >= 4 is 5.69 Å². The molecule has 0 aromatic heterocycles. The Morgan fingerprint density at radius 3 is 3.00 bits per heavy atom. The van der Waals surface area contributed by atoms with E-state index >= 15 is 0 Å². The maximum absolute atomic E-state index is 8.94. The predicted octanol–water partition coefficient (Wildman–Crippen LogP) is 2.08. The summed E-state index contributed by atoms with van der Waals surface area (Å²) < 4.78 is 0. The zero-order valence-corrected chi connectivity index (χ0v) is 10.2. The van der Waals surface area contributed by atoms with Gasteiger partial charge in [0, 0.05) is 25.4 Å². The lowest BCUT2D eigenvalue weighted by Gasteiger charge is -2.19. The van der Waals surface area contributed by atoms with Gasteiger partial charge in [-0.2, -0.15) is 5.26 Å². The van der Waals surface area contributed by atoms with Crippen molar-refractivity contribution in [2.75, 3.05) is 24.6 Å². The first-order valence-electron chi connectivity index (χ1n) is 6.11. The van der Waals surface area contributed by atoms with E-state index in [0.717, 1.165) is 37.1 Å². The number of hydrogen-bond donors (Lipinski definition) is 1. The molecule has 17 heavy (non-hydrogen) atoms. The Kier molecular flexibility index (Phi) is 3.65. The summed E-state index contributed by atoms with van der Waals surface area (Å²) in [5.74, 6) is 0.607. The van der Waals surface area contributed by atoms with Gasteiger partial charge in [-0.05, 0) is 49.4 Å². The number of nitriles is 1. The largest absolute Gasteiger partial charge is 0.396 e. The van der Waals surface area contributed by atoms with Gasteiger partial charge in [-0.25, -0.2) is 0 Å². The molecule has 0 spiro atoms. The van der Waals surface area contributed by atoms with Gasteiger partial charge in [0.15, 0.2) is 0 Å². The molecule has 1 N–H and O–H groups in total. The minimum absolute atomic E-state index is 0.283. The lowest BCUT2D eigenvalue weighted by Crippen LogP contribution is -2.20. The number of rotatable bonds is 3. The molecule has 0 amide bonds. The van der Waals surface area contributed by atoms with E-state index < -0.39 is 0 Å². The predicted molar refractivity (Wildman–Crippen MR) is 67.9 cm³/mol. The Hall–Kier alpha value is -1.53. The van der Waals surface area contributed by atoms with Gasteiger partial charge in [0.1, 0.15) is 0 Å². The number of benzene rings is 1. The summed E-state index contributed by atoms with van der Waals surface area (Å²) in [6.45, 7) is 4.33. The highest BCUT2D eigenvalue weighted by atomic mass is 16.3. The van der Waals surface area contributed by atoms with Crippen LogP contribution >= 0.6 is 0 Å². The van der Waals surface area contributed by atoms with Gasteiger partial charge in [-0.15, -0.1) is 0 Å². The minimum Gasteiger partial charge on any atom is -0.396 e. The molecule has 0 aliphatic carbocycles. The van der Waals surface area contributed by atoms with Gasteiger partial charge < -0.3 is 10.0 Å². The van der Waals surface area contributed by atoms with E-state index in [-0.39, 0.29) is 6.61 Å². The Balaban J connectivity index is 2.09. The van der Waals surface area contributed by atoms with Crippen LogP contribution in [0.4, 0.5) is 5.69 Å². The Labute approximate surface area is 102 Å². The standard InChI is InChI=1S/C14H18N2O/c1-11-8-14(3-2-13(11)9-15)16-6-4-12(10-16)5-7-17/h2-3,8,12,17H,4-7,10H2,1H3. The van der Waals surface area contributed by atoms with E-state index in [1.165, 1.54) is 5.69 Å². The molecular formula is C14H18N2O. The topological polar surface area (TPSA) is 47.3 Å². The highest BCUT2D eigenvalue weighted by Crippen LogP contribution is 2.26. The summed E-state index contributed by atoms with van der Waals surface area (Å²) in [5, 5.41) is 17.8. The summed E-state index contributed by atoms with van der Waals surface area (Å²) in [7, 11) is 0. The Morgan fingerprint density at radius 2 is 2.35 bits per heavy atom. The lowest BCUT2D eigenvalue weighted by molar-refractivity contribution is 0.263. The maximum atomic E-state index is 8.94. The summed E-state index contributed by atoms with van der Waals surface area (Å²) >= 11 is 0. The van der Waals surface area contributed by atoms with Crippen LogP contribution in [0.25, 0.3) is 0 Å². The van der Waals surface area contributed by atoms with Crippen molar-refractivity contribution in [3.05, 3.63) is 29.3 Å². The third-order valence-corrected chi connectivity index (χ3v) is 3.52. The Bertz CT molecular complexity index is 436. The van der Waals surface area contributed by atoms with Crippen LogP contribution in [-0.2, 0) is 0 Å². The van der Waals surface area contributed by atoms with E-state index in [4.69, 9.17) is 10.4 Å². The molecule has 1 aliphatic heterocycles. The van der Waals surface area contributed by atoms with Crippen molar-refractivity contribution in [2.24, 2.45) is 5.92 Å². The van der Waals surface area contributed by atoms with Crippen LogP contribution in [0.1, 0.15) is 24.0 Å². The molecule has 1 unspecified atom stereocenters. The molecule has 1 saturated heterocycles. The van der Waals surface area contributed by atoms with Gasteiger partial charge in [0.25, 0.3) is 0 Å². The van der Waals surface area contributed by atoms with E-state index in [1.54, 1.807) is 0 Å². The van der Waals surface area contributed by atoms with Crippen LogP contribution < -0.4 is 4.90 Å². The minimum atomic E-state index is 0.283. The molecule has 0 saturated carbocycles. The van der Waals surface area contributed by atoms with Gasteiger partial charge >= 0.3 is 0 Å². The number of aryl methyl sites for hydroxylation is 1. The zero-order valence-electron chi connectivity index (χ0n) is 10.2. The van der Waals surface area contributed by atoms with Crippen molar-refractivity contribution in [3.8, 4) is 6.07 Å². The van der Waals surface area contributed by atoms with Gasteiger partial charge in [0.05, 0.1) is 11.6 Å². The fourth-order valence-corrected chi connectivity index (χ4v) is 2.46. The molecule has 1 aromatic carbocycles. The number of hydrogen-bond acceptors (Lipinski definition) is 3. The maximum Gasteiger partial charge on any atom is 0.0994 e. The molecule has 3 nitrogen and oxygen atoms in total. The summed E-state index contributed by atoms with van der Waals surface area (Å²) in [4.78, 5) is 2.34. The third-order valence-electron chi connectivity index (χ3n) is 3.52. The first-order valence-corrected chi connectivity index (χ1v) is 6.11. The lowest BCUT2D eigenvalue weighted by atomic mass is 10.1. The molecule has 0 bridgehead atoms. The normalized spacial score (nSPS) is 19.4. The summed E-state index contributed by atoms with van der Waals surface area (Å²) in [6, 6.07) is 8.19. The summed E-state index contributed by atoms with van der Waals surface area (Å²) in [6.07, 6.45) is 2.05. The number of aliphatic hydroxyl groups excluding tert-OH is 1. The zero-order chi connectivity index (χ0) is 12.3. The van der Waals surface area contributed by atoms with Gasteiger partial charge in [-0.3, -0.25) is 0 Å². The SMILES string of the molecule is Cc1cc(N2CCC(CCO)C2)ccc1C#N. The van der Waals surface area contributed by atoms with Crippen LogP contribution in [0.2, 0.25) is 0 Å². The van der Waals surface area contributed by atoms with E-state index in [1.807, 2.05) is 19.1 Å². The highest BCUT2D eigenvalue weighted by molar-refractivity contribution is 5.54. The van der Waals surface area contributed by atoms with Crippen molar-refractivity contribution in [1.82, 2.24) is 0 Å². The summed E-state index contributed by atoms with van der Waals surface area (Å²) in [5.41, 5.74) is 2.98. The first-order chi connectivity index (χ1) is 8.24. The van der Waals surface area contributed by atoms with E-state index in [0.29, 0.717) is 5.92 Å². The molecule has 0 radical (unpaired) electrons. The number of aliphatic hydroxyl groups is 1. The molecule has 2 rings (SSSR count). The number of nitrogens with zero attached hydrogens (tertiary/aromatic N) is 2. The molecule has 1 fully saturated rings. The van der Waals surface area contributed by atoms with Crippen molar-refractivity contribution in [2.45, 2.75) is 19.8 Å². The van der Waals surface area contributed by atoms with Crippen LogP contribution in [0.3, 0.4) is 0 Å². The molecule has 3 heteroatoms. The molecule has 1 atom stereocenters. The average Bonchev–Trinajstić information content (AvgIpc) is 2.78. The average molecular weight is 230 g/mol. The first kappa shape index (κ1) is 11.9. The van der Waals surface area contributed by atoms with Crippen LogP contribution in [0.5, 0.6) is 0 Å². The fraction of sp³-hybridized carbons (Fsp3) is 0.500. The van der Waals surface area contributed by atoms with Crippen molar-refractivity contribution < 1.29 is 5.11 Å². The highest BCUT2D eigenvalue weighted by Gasteiger charge is 2.22. The molecule has 1 heterocycles. The fourth-order valence-electron chi connectivity index (χ4n) is 2.46. The monoisotopic (exact) mass is 230 g/mol. The second kappa shape index (κ2) is 5.20. The second-order valence-corrected chi connectivity index (χ2v) is 4.72. The third kappa shape index (κ3) is 2.59. The molecular weight excluding hydrogens is 212 g/mol. The Morgan fingerprint density at radius 1 is 1.53 bits per heavy atom. The molecule has 1 aliphatic rings. The smallest absolute Gasteiger partial charge is 0.0994 e. The van der Waals surface area contributed by atoms with Crippen LogP contribution in [-0.4, -0.2) is 24.8 Å². The van der Waals surface area contributed by atoms with E-state index in [9.17, 15) is 0 Å². The van der Waals surface area contributed by atoms with E-state index in [2.05, 4.69) is 17.0 Å². The van der Waals surface area contributed by atoms with Crippen LogP contribution in [0.15, 0.2) is 18.2 Å². The van der Waals surface area contributed by atoms with Crippen molar-refractivity contribution in [3.63, 3.8) is 0 Å². The quantitative estimate of drug-likeness (QED) is 0.864. The van der Waals surface area contributed by atoms with Crippen LogP contribution in [0, 0.1) is 24.2 Å².